The van der Waals surface area contributed by atoms with Crippen molar-refractivity contribution in [3.05, 3.63) is 59.7 Å². The predicted molar refractivity (Wildman–Crippen MR) is 88.6 cm³/mol. The van der Waals surface area contributed by atoms with E-state index in [1.807, 2.05) is 30.3 Å². The number of halogens is 2. The lowest BCUT2D eigenvalue weighted by molar-refractivity contribution is 0.100. The second-order valence-corrected chi connectivity index (χ2v) is 5.67. The van der Waals surface area contributed by atoms with Gasteiger partial charge < -0.3 is 20.1 Å². The maximum absolute atomic E-state index is 13.7. The fourth-order valence-corrected chi connectivity index (χ4v) is 2.87. The molecule has 1 aliphatic rings. The van der Waals surface area contributed by atoms with Crippen LogP contribution in [0.15, 0.2) is 42.5 Å². The third-order valence-electron chi connectivity index (χ3n) is 4.00. The number of carbonyl (C=O) groups excluding carboxylic acids is 1. The molecule has 0 unspecified atom stereocenters. The van der Waals surface area contributed by atoms with Gasteiger partial charge in [0.15, 0.2) is 17.4 Å². The highest BCUT2D eigenvalue weighted by Gasteiger charge is 2.30. The zero-order valence-electron chi connectivity index (χ0n) is 13.6. The number of anilines is 1. The van der Waals surface area contributed by atoms with Gasteiger partial charge in [0.25, 0.3) is 0 Å². The summed E-state index contributed by atoms with van der Waals surface area (Å²) in [5.74, 6) is -2.26. The van der Waals surface area contributed by atoms with Crippen LogP contribution in [-0.4, -0.2) is 25.8 Å². The second-order valence-electron chi connectivity index (χ2n) is 5.67. The van der Waals surface area contributed by atoms with Gasteiger partial charge in [-0.2, -0.15) is 0 Å². The van der Waals surface area contributed by atoms with Crippen LogP contribution < -0.4 is 15.4 Å². The van der Waals surface area contributed by atoms with Crippen molar-refractivity contribution in [2.45, 2.75) is 18.6 Å². The average molecular weight is 348 g/mol. The Morgan fingerprint density at radius 1 is 1.20 bits per heavy atom. The van der Waals surface area contributed by atoms with Crippen molar-refractivity contribution >= 4 is 11.7 Å². The zero-order chi connectivity index (χ0) is 17.8. The molecule has 2 atom stereocenters. The highest BCUT2D eigenvalue weighted by atomic mass is 19.1. The monoisotopic (exact) mass is 348 g/mol. The van der Waals surface area contributed by atoms with Crippen LogP contribution in [0, 0.1) is 11.6 Å². The standard InChI is InChI=1S/C18H18F2N2O3/c1-24-17-13(19)9-12(10-14(17)20)21-18(23)22-15-7-8-25-16(15)11-5-3-2-4-6-11/h2-6,9-10,15-16H,7-8H2,1H3,(H2,21,22,23)/t15-,16-/m1/s1. The van der Waals surface area contributed by atoms with Crippen LogP contribution in [0.1, 0.15) is 18.1 Å². The fourth-order valence-electron chi connectivity index (χ4n) is 2.87. The molecule has 2 aromatic rings. The smallest absolute Gasteiger partial charge is 0.319 e. The molecule has 5 nitrogen and oxygen atoms in total. The lowest BCUT2D eigenvalue weighted by Gasteiger charge is -2.20. The molecular formula is C18H18F2N2O3. The van der Waals surface area contributed by atoms with Gasteiger partial charge in [0, 0.05) is 24.4 Å². The largest absolute Gasteiger partial charge is 0.491 e. The van der Waals surface area contributed by atoms with Crippen LogP contribution in [0.4, 0.5) is 19.3 Å². The number of hydrogen-bond acceptors (Lipinski definition) is 3. The number of hydrogen-bond donors (Lipinski definition) is 2. The van der Waals surface area contributed by atoms with Crippen molar-refractivity contribution in [3.63, 3.8) is 0 Å². The van der Waals surface area contributed by atoms with Crippen molar-refractivity contribution < 1.29 is 23.0 Å². The Balaban J connectivity index is 1.66. The van der Waals surface area contributed by atoms with Gasteiger partial charge in [0.1, 0.15) is 6.10 Å². The van der Waals surface area contributed by atoms with E-state index in [9.17, 15) is 13.6 Å². The maximum Gasteiger partial charge on any atom is 0.319 e. The van der Waals surface area contributed by atoms with E-state index >= 15 is 0 Å². The third kappa shape index (κ3) is 3.88. The molecule has 2 N–H and O–H groups in total. The minimum Gasteiger partial charge on any atom is -0.491 e. The number of urea groups is 1. The van der Waals surface area contributed by atoms with E-state index in [4.69, 9.17) is 4.74 Å². The summed E-state index contributed by atoms with van der Waals surface area (Å²) in [5, 5.41) is 5.22. The van der Waals surface area contributed by atoms with Crippen LogP contribution in [0.25, 0.3) is 0 Å². The molecule has 0 saturated carbocycles. The quantitative estimate of drug-likeness (QED) is 0.887. The molecule has 1 fully saturated rings. The Morgan fingerprint density at radius 3 is 2.52 bits per heavy atom. The van der Waals surface area contributed by atoms with E-state index in [1.165, 1.54) is 7.11 Å². The number of ether oxygens (including phenoxy) is 2. The summed E-state index contributed by atoms with van der Waals surface area (Å²) < 4.78 is 37.7. The van der Waals surface area contributed by atoms with Gasteiger partial charge in [-0.05, 0) is 12.0 Å². The minimum absolute atomic E-state index is 0.00322. The zero-order valence-corrected chi connectivity index (χ0v) is 13.6. The van der Waals surface area contributed by atoms with Crippen LogP contribution >= 0.6 is 0 Å². The Labute approximate surface area is 143 Å². The van der Waals surface area contributed by atoms with Gasteiger partial charge in [-0.3, -0.25) is 0 Å². The molecule has 132 valence electrons. The van der Waals surface area contributed by atoms with Crippen molar-refractivity contribution in [2.24, 2.45) is 0 Å². The highest BCUT2D eigenvalue weighted by Crippen LogP contribution is 2.29. The van der Waals surface area contributed by atoms with E-state index in [1.54, 1.807) is 0 Å². The SMILES string of the molecule is COc1c(F)cc(NC(=O)N[C@@H]2CCO[C@@H]2c2ccccc2)cc1F. The molecule has 2 amide bonds. The molecule has 1 aliphatic heterocycles. The van der Waals surface area contributed by atoms with Crippen LogP contribution in [0.3, 0.4) is 0 Å². The second kappa shape index (κ2) is 7.48. The first kappa shape index (κ1) is 17.2. The van der Waals surface area contributed by atoms with Gasteiger partial charge in [0.2, 0.25) is 0 Å². The van der Waals surface area contributed by atoms with Crippen LogP contribution in [0.2, 0.25) is 0 Å². The topological polar surface area (TPSA) is 59.6 Å². The first-order valence-electron chi connectivity index (χ1n) is 7.85. The Hall–Kier alpha value is -2.67. The first-order valence-corrected chi connectivity index (χ1v) is 7.85. The summed E-state index contributed by atoms with van der Waals surface area (Å²) in [5.41, 5.74) is 0.968. The Bertz CT molecular complexity index is 732. The molecule has 25 heavy (non-hydrogen) atoms. The van der Waals surface area contributed by atoms with Crippen LogP contribution in [0.5, 0.6) is 5.75 Å². The van der Waals surface area contributed by atoms with Gasteiger partial charge in [-0.1, -0.05) is 30.3 Å². The number of carbonyl (C=O) groups is 1. The average Bonchev–Trinajstić information content (AvgIpc) is 3.03. The van der Waals surface area contributed by atoms with E-state index in [-0.39, 0.29) is 17.8 Å². The molecule has 7 heteroatoms. The summed E-state index contributed by atoms with van der Waals surface area (Å²) in [7, 11) is 1.17. The number of nitrogens with one attached hydrogen (secondary N) is 2. The van der Waals surface area contributed by atoms with Crippen molar-refractivity contribution in [1.29, 1.82) is 0 Å². The molecular weight excluding hydrogens is 330 g/mol. The highest BCUT2D eigenvalue weighted by molar-refractivity contribution is 5.89. The maximum atomic E-state index is 13.7. The van der Waals surface area contributed by atoms with Gasteiger partial charge in [0.05, 0.1) is 13.2 Å². The summed E-state index contributed by atoms with van der Waals surface area (Å²) in [6.07, 6.45) is 0.398. The lowest BCUT2D eigenvalue weighted by atomic mass is 10.0. The number of amides is 2. The van der Waals surface area contributed by atoms with Crippen molar-refractivity contribution in [3.8, 4) is 5.75 Å². The van der Waals surface area contributed by atoms with E-state index in [0.29, 0.717) is 13.0 Å². The normalized spacial score (nSPS) is 19.5. The van der Waals surface area contributed by atoms with Gasteiger partial charge in [-0.15, -0.1) is 0 Å². The third-order valence-corrected chi connectivity index (χ3v) is 4.00. The molecule has 0 aliphatic carbocycles. The molecule has 1 heterocycles. The molecule has 0 spiro atoms. The number of rotatable bonds is 4. The summed E-state index contributed by atoms with van der Waals surface area (Å²) >= 11 is 0. The molecule has 0 aromatic heterocycles. The van der Waals surface area contributed by atoms with Gasteiger partial charge in [-0.25, -0.2) is 13.6 Å². The lowest BCUT2D eigenvalue weighted by Crippen LogP contribution is -2.39. The predicted octanol–water partition coefficient (Wildman–Crippen LogP) is 3.63. The first-order chi connectivity index (χ1) is 12.1. The molecule has 0 radical (unpaired) electrons. The summed E-state index contributed by atoms with van der Waals surface area (Å²) in [6.45, 7) is 0.524. The molecule has 2 aromatic carbocycles. The summed E-state index contributed by atoms with van der Waals surface area (Å²) in [6, 6.07) is 10.8. The molecule has 1 saturated heterocycles. The fraction of sp³-hybridized carbons (Fsp3) is 0.278. The van der Waals surface area contributed by atoms with E-state index in [0.717, 1.165) is 17.7 Å². The Morgan fingerprint density at radius 2 is 1.88 bits per heavy atom. The molecule has 3 rings (SSSR count). The van der Waals surface area contributed by atoms with Crippen molar-refractivity contribution in [2.75, 3.05) is 19.0 Å². The van der Waals surface area contributed by atoms with Crippen LogP contribution in [-0.2, 0) is 4.74 Å². The minimum atomic E-state index is -0.885. The van der Waals surface area contributed by atoms with Gasteiger partial charge >= 0.3 is 6.03 Å². The number of benzene rings is 2. The van der Waals surface area contributed by atoms with E-state index in [2.05, 4.69) is 15.4 Å². The molecule has 0 bridgehead atoms. The van der Waals surface area contributed by atoms with E-state index < -0.39 is 23.4 Å². The summed E-state index contributed by atoms with van der Waals surface area (Å²) in [4.78, 5) is 12.2. The number of methoxy groups -OCH3 is 1. The van der Waals surface area contributed by atoms with Crippen molar-refractivity contribution in [1.82, 2.24) is 5.32 Å². The Kier molecular flexibility index (Phi) is 5.14.